The first kappa shape index (κ1) is 12.5. The van der Waals surface area contributed by atoms with Crippen LogP contribution in [0.1, 0.15) is 38.7 Å². The molecule has 0 radical (unpaired) electrons. The van der Waals surface area contributed by atoms with Crippen LogP contribution in [0.5, 0.6) is 5.75 Å². The molecule has 1 nitrogen and oxygen atoms in total. The standard InChI is InChI=1S/C18H22O/c1-18(2)12-4-5-16-15(10-11-17(16)18)13-6-8-14(19-3)9-7-13/h6-11,16H,4-5,12H2,1-3H3/t16-/m1/s1. The van der Waals surface area contributed by atoms with Crippen LogP contribution in [0, 0.1) is 11.3 Å². The molecule has 1 aromatic rings. The van der Waals surface area contributed by atoms with Crippen molar-refractivity contribution in [3.8, 4) is 5.75 Å². The van der Waals surface area contributed by atoms with E-state index >= 15 is 0 Å². The van der Waals surface area contributed by atoms with Gasteiger partial charge in [-0.05, 0) is 41.5 Å². The molecule has 0 N–H and O–H groups in total. The lowest BCUT2D eigenvalue weighted by Gasteiger charge is -2.37. The Morgan fingerprint density at radius 1 is 1.11 bits per heavy atom. The lowest BCUT2D eigenvalue weighted by Crippen LogP contribution is -2.25. The van der Waals surface area contributed by atoms with Gasteiger partial charge in [0.25, 0.3) is 0 Å². The fraction of sp³-hybridized carbons (Fsp3) is 0.444. The van der Waals surface area contributed by atoms with E-state index in [4.69, 9.17) is 4.74 Å². The van der Waals surface area contributed by atoms with Gasteiger partial charge in [0.2, 0.25) is 0 Å². The predicted molar refractivity (Wildman–Crippen MR) is 80.2 cm³/mol. The van der Waals surface area contributed by atoms with E-state index in [-0.39, 0.29) is 0 Å². The van der Waals surface area contributed by atoms with E-state index in [1.165, 1.54) is 30.4 Å². The first-order chi connectivity index (χ1) is 9.12. The zero-order valence-electron chi connectivity index (χ0n) is 12.1. The van der Waals surface area contributed by atoms with Gasteiger partial charge in [-0.25, -0.2) is 0 Å². The normalized spacial score (nSPS) is 24.5. The first-order valence-corrected chi connectivity index (χ1v) is 7.18. The summed E-state index contributed by atoms with van der Waals surface area (Å²) in [6, 6.07) is 8.48. The fourth-order valence-corrected chi connectivity index (χ4v) is 3.56. The van der Waals surface area contributed by atoms with Crippen molar-refractivity contribution in [2.24, 2.45) is 11.3 Å². The van der Waals surface area contributed by atoms with E-state index in [1.807, 2.05) is 0 Å². The minimum atomic E-state index is 0.369. The van der Waals surface area contributed by atoms with E-state index in [0.29, 0.717) is 11.3 Å². The van der Waals surface area contributed by atoms with E-state index < -0.39 is 0 Å². The van der Waals surface area contributed by atoms with Crippen LogP contribution in [0.2, 0.25) is 0 Å². The summed E-state index contributed by atoms with van der Waals surface area (Å²) in [7, 11) is 1.72. The molecule has 19 heavy (non-hydrogen) atoms. The molecule has 0 heterocycles. The number of methoxy groups -OCH3 is 1. The van der Waals surface area contributed by atoms with Crippen molar-refractivity contribution in [2.75, 3.05) is 7.11 Å². The second-order valence-corrected chi connectivity index (χ2v) is 6.30. The van der Waals surface area contributed by atoms with Gasteiger partial charge in [0.1, 0.15) is 5.75 Å². The highest BCUT2D eigenvalue weighted by molar-refractivity contribution is 5.75. The van der Waals surface area contributed by atoms with Gasteiger partial charge in [-0.1, -0.05) is 50.1 Å². The summed E-state index contributed by atoms with van der Waals surface area (Å²) < 4.78 is 5.24. The molecule has 2 aliphatic carbocycles. The Hall–Kier alpha value is -1.50. The van der Waals surface area contributed by atoms with Gasteiger partial charge in [0.15, 0.2) is 0 Å². The summed E-state index contributed by atoms with van der Waals surface area (Å²) in [5.41, 5.74) is 4.83. The zero-order valence-corrected chi connectivity index (χ0v) is 12.1. The molecule has 1 heteroatoms. The van der Waals surface area contributed by atoms with Crippen LogP contribution in [0.15, 0.2) is 42.0 Å². The van der Waals surface area contributed by atoms with Crippen molar-refractivity contribution in [1.29, 1.82) is 0 Å². The van der Waals surface area contributed by atoms with E-state index in [9.17, 15) is 0 Å². The lowest BCUT2D eigenvalue weighted by molar-refractivity contribution is 0.310. The van der Waals surface area contributed by atoms with Gasteiger partial charge in [0, 0.05) is 5.92 Å². The lowest BCUT2D eigenvalue weighted by atomic mass is 9.67. The Balaban J connectivity index is 1.88. The molecule has 2 aliphatic rings. The first-order valence-electron chi connectivity index (χ1n) is 7.18. The van der Waals surface area contributed by atoms with Crippen LogP contribution >= 0.6 is 0 Å². The molecular formula is C18H22O. The van der Waals surface area contributed by atoms with E-state index in [1.54, 1.807) is 12.7 Å². The number of hydrogen-bond acceptors (Lipinski definition) is 1. The molecule has 0 spiro atoms. The summed E-state index contributed by atoms with van der Waals surface area (Å²) in [6.45, 7) is 4.77. The SMILES string of the molecule is COc1ccc(C2=CC=C3[C@@H]2CCCC3(C)C)cc1. The maximum Gasteiger partial charge on any atom is 0.118 e. The van der Waals surface area contributed by atoms with Crippen LogP contribution in [0.3, 0.4) is 0 Å². The van der Waals surface area contributed by atoms with E-state index in [0.717, 1.165) is 5.75 Å². The average molecular weight is 254 g/mol. The van der Waals surface area contributed by atoms with Gasteiger partial charge in [-0.15, -0.1) is 0 Å². The Morgan fingerprint density at radius 3 is 2.53 bits per heavy atom. The fourth-order valence-electron chi connectivity index (χ4n) is 3.56. The topological polar surface area (TPSA) is 9.23 Å². The summed E-state index contributed by atoms with van der Waals surface area (Å²) >= 11 is 0. The van der Waals surface area contributed by atoms with Crippen LogP contribution in [0.25, 0.3) is 5.57 Å². The van der Waals surface area contributed by atoms with Gasteiger partial charge < -0.3 is 4.74 Å². The third-order valence-corrected chi connectivity index (χ3v) is 4.69. The average Bonchev–Trinajstić information content (AvgIpc) is 2.84. The number of hydrogen-bond donors (Lipinski definition) is 0. The van der Waals surface area contributed by atoms with Gasteiger partial charge in [0.05, 0.1) is 7.11 Å². The Labute approximate surface area is 116 Å². The van der Waals surface area contributed by atoms with Gasteiger partial charge in [-0.3, -0.25) is 0 Å². The number of ether oxygens (including phenoxy) is 1. The summed E-state index contributed by atoms with van der Waals surface area (Å²) in [5, 5.41) is 0. The molecule has 3 rings (SSSR count). The second kappa shape index (κ2) is 4.56. The molecule has 1 aromatic carbocycles. The highest BCUT2D eigenvalue weighted by atomic mass is 16.5. The van der Waals surface area contributed by atoms with Crippen molar-refractivity contribution in [1.82, 2.24) is 0 Å². The third kappa shape index (κ3) is 2.11. The van der Waals surface area contributed by atoms with Crippen molar-refractivity contribution >= 4 is 5.57 Å². The summed E-state index contributed by atoms with van der Waals surface area (Å²) in [4.78, 5) is 0. The summed E-state index contributed by atoms with van der Waals surface area (Å²) in [5.74, 6) is 1.57. The molecule has 1 saturated carbocycles. The molecule has 0 amide bonds. The highest BCUT2D eigenvalue weighted by Crippen LogP contribution is 2.51. The molecular weight excluding hydrogens is 232 g/mol. The molecule has 0 bridgehead atoms. The maximum absolute atomic E-state index is 5.24. The maximum atomic E-state index is 5.24. The minimum Gasteiger partial charge on any atom is -0.497 e. The Morgan fingerprint density at radius 2 is 1.84 bits per heavy atom. The van der Waals surface area contributed by atoms with E-state index in [2.05, 4.69) is 50.3 Å². The molecule has 0 aliphatic heterocycles. The highest BCUT2D eigenvalue weighted by Gasteiger charge is 2.37. The van der Waals surface area contributed by atoms with Crippen LogP contribution in [-0.4, -0.2) is 7.11 Å². The van der Waals surface area contributed by atoms with Crippen molar-refractivity contribution in [2.45, 2.75) is 33.1 Å². The number of benzene rings is 1. The van der Waals surface area contributed by atoms with Crippen molar-refractivity contribution in [3.63, 3.8) is 0 Å². The predicted octanol–water partition coefficient (Wildman–Crippen LogP) is 4.84. The van der Waals surface area contributed by atoms with Crippen LogP contribution < -0.4 is 4.74 Å². The van der Waals surface area contributed by atoms with Crippen molar-refractivity contribution < 1.29 is 4.74 Å². The molecule has 1 fully saturated rings. The van der Waals surface area contributed by atoms with Crippen molar-refractivity contribution in [3.05, 3.63) is 47.6 Å². The largest absolute Gasteiger partial charge is 0.497 e. The van der Waals surface area contributed by atoms with Gasteiger partial charge in [-0.2, -0.15) is 0 Å². The molecule has 0 saturated heterocycles. The molecule has 0 aromatic heterocycles. The second-order valence-electron chi connectivity index (χ2n) is 6.30. The zero-order chi connectivity index (χ0) is 13.5. The molecule has 100 valence electrons. The summed E-state index contributed by atoms with van der Waals surface area (Å²) in [6.07, 6.45) is 8.65. The van der Waals surface area contributed by atoms with Crippen LogP contribution in [0.4, 0.5) is 0 Å². The Kier molecular flexibility index (Phi) is 3.00. The smallest absolute Gasteiger partial charge is 0.118 e. The molecule has 0 unspecified atom stereocenters. The third-order valence-electron chi connectivity index (χ3n) is 4.69. The number of rotatable bonds is 2. The van der Waals surface area contributed by atoms with Crippen LogP contribution in [-0.2, 0) is 0 Å². The van der Waals surface area contributed by atoms with Gasteiger partial charge >= 0.3 is 0 Å². The quantitative estimate of drug-likeness (QED) is 0.733. The number of fused-ring (bicyclic) bond motifs is 1. The number of allylic oxidation sites excluding steroid dienone is 4. The minimum absolute atomic E-state index is 0.369. The monoisotopic (exact) mass is 254 g/mol. The Bertz CT molecular complexity index is 531. The molecule has 1 atom stereocenters.